The highest BCUT2D eigenvalue weighted by Gasteiger charge is 2.20. The lowest BCUT2D eigenvalue weighted by Gasteiger charge is -2.19. The van der Waals surface area contributed by atoms with E-state index in [9.17, 15) is 4.39 Å². The van der Waals surface area contributed by atoms with E-state index in [0.717, 1.165) is 17.3 Å². The Morgan fingerprint density at radius 1 is 1.18 bits per heavy atom. The predicted octanol–water partition coefficient (Wildman–Crippen LogP) is 4.61. The molecule has 9 heteroatoms. The Hall–Kier alpha value is -1.81. The van der Waals surface area contributed by atoms with Crippen molar-refractivity contribution in [3.8, 4) is 5.69 Å². The van der Waals surface area contributed by atoms with Crippen LogP contribution in [0.25, 0.3) is 5.69 Å². The number of furan rings is 1. The van der Waals surface area contributed by atoms with Gasteiger partial charge in [0.25, 0.3) is 0 Å². The molecular formula is C19H23BrFN5OS. The Labute approximate surface area is 177 Å². The summed E-state index contributed by atoms with van der Waals surface area (Å²) in [6.07, 6.45) is 0. The molecule has 0 radical (unpaired) electrons. The van der Waals surface area contributed by atoms with Gasteiger partial charge in [-0.25, -0.2) is 9.07 Å². The molecule has 1 atom stereocenters. The third-order valence-corrected chi connectivity index (χ3v) is 5.35. The number of halogens is 2. The Bertz CT molecular complexity index is 995. The summed E-state index contributed by atoms with van der Waals surface area (Å²) < 4.78 is 23.9. The first kappa shape index (κ1) is 20.9. The molecular weight excluding hydrogens is 445 g/mol. The Morgan fingerprint density at radius 3 is 2.43 bits per heavy atom. The van der Waals surface area contributed by atoms with Crippen LogP contribution in [0.2, 0.25) is 0 Å². The predicted molar refractivity (Wildman–Crippen MR) is 112 cm³/mol. The van der Waals surface area contributed by atoms with E-state index in [-0.39, 0.29) is 11.9 Å². The summed E-state index contributed by atoms with van der Waals surface area (Å²) in [6, 6.07) is 10.1. The largest absolute Gasteiger partial charge is 0.453 e. The average Bonchev–Trinajstić information content (AvgIpc) is 3.18. The van der Waals surface area contributed by atoms with E-state index < -0.39 is 0 Å². The Kier molecular flexibility index (Phi) is 6.49. The van der Waals surface area contributed by atoms with Crippen LogP contribution in [-0.2, 0) is 13.2 Å². The molecule has 0 saturated heterocycles. The van der Waals surface area contributed by atoms with Crippen molar-refractivity contribution in [3.63, 3.8) is 0 Å². The fraction of sp³-hybridized carbons (Fsp3) is 0.368. The van der Waals surface area contributed by atoms with E-state index in [1.165, 1.54) is 12.1 Å². The lowest BCUT2D eigenvalue weighted by Crippen LogP contribution is -2.23. The zero-order valence-electron chi connectivity index (χ0n) is 16.3. The van der Waals surface area contributed by atoms with Crippen molar-refractivity contribution >= 4 is 28.1 Å². The van der Waals surface area contributed by atoms with Crippen LogP contribution in [0.1, 0.15) is 24.6 Å². The van der Waals surface area contributed by atoms with Gasteiger partial charge in [-0.1, -0.05) is 0 Å². The molecule has 150 valence electrons. The molecule has 0 N–H and O–H groups in total. The van der Waals surface area contributed by atoms with Gasteiger partial charge < -0.3 is 4.42 Å². The number of rotatable bonds is 7. The molecule has 0 aliphatic carbocycles. The smallest absolute Gasteiger partial charge is 0.203 e. The van der Waals surface area contributed by atoms with Gasteiger partial charge >= 0.3 is 0 Å². The summed E-state index contributed by atoms with van der Waals surface area (Å²) in [6.45, 7) is 3.18. The number of aromatic nitrogens is 3. The van der Waals surface area contributed by atoms with Gasteiger partial charge in [0.1, 0.15) is 11.6 Å². The van der Waals surface area contributed by atoms with Gasteiger partial charge in [0.05, 0.1) is 19.3 Å². The number of nitrogens with zero attached hydrogens (tertiary/aromatic N) is 5. The SMILES string of the molecule is CC(c1nn(CN(C)Cc2ccc(Br)o2)c(=S)n1-c1ccc(F)cc1)N(C)C. The summed E-state index contributed by atoms with van der Waals surface area (Å²) in [4.78, 5) is 4.12. The number of benzene rings is 1. The average molecular weight is 468 g/mol. The summed E-state index contributed by atoms with van der Waals surface area (Å²) in [5.74, 6) is 1.37. The van der Waals surface area contributed by atoms with E-state index in [0.29, 0.717) is 22.7 Å². The molecule has 3 rings (SSSR count). The van der Waals surface area contributed by atoms with Gasteiger partial charge in [-0.15, -0.1) is 0 Å². The minimum atomic E-state index is -0.283. The standard InChI is InChI=1S/C19H23BrFN5OS/c1-13(23(2)3)18-22-25(12-24(4)11-16-9-10-17(20)27-16)19(28)26(18)15-7-5-14(21)6-8-15/h5-10,13H,11-12H2,1-4H3. The van der Waals surface area contributed by atoms with Crippen molar-refractivity contribution in [2.45, 2.75) is 26.2 Å². The van der Waals surface area contributed by atoms with Crippen molar-refractivity contribution in [3.05, 3.63) is 63.2 Å². The zero-order chi connectivity index (χ0) is 20.4. The van der Waals surface area contributed by atoms with Gasteiger partial charge in [-0.05, 0) is 92.6 Å². The topological polar surface area (TPSA) is 42.4 Å². The highest BCUT2D eigenvalue weighted by molar-refractivity contribution is 9.10. The van der Waals surface area contributed by atoms with Crippen LogP contribution in [0.3, 0.4) is 0 Å². The Balaban J connectivity index is 1.94. The molecule has 1 unspecified atom stereocenters. The second-order valence-electron chi connectivity index (χ2n) is 6.95. The molecule has 2 aromatic heterocycles. The van der Waals surface area contributed by atoms with Crippen LogP contribution >= 0.6 is 28.1 Å². The summed E-state index contributed by atoms with van der Waals surface area (Å²) >= 11 is 9.03. The van der Waals surface area contributed by atoms with E-state index >= 15 is 0 Å². The van der Waals surface area contributed by atoms with Crippen molar-refractivity contribution in [1.82, 2.24) is 24.1 Å². The summed E-state index contributed by atoms with van der Waals surface area (Å²) in [7, 11) is 5.95. The quantitative estimate of drug-likeness (QED) is 0.474. The highest BCUT2D eigenvalue weighted by atomic mass is 79.9. The van der Waals surface area contributed by atoms with Crippen molar-refractivity contribution < 1.29 is 8.81 Å². The van der Waals surface area contributed by atoms with Crippen molar-refractivity contribution in [2.24, 2.45) is 0 Å². The number of hydrogen-bond donors (Lipinski definition) is 0. The van der Waals surface area contributed by atoms with E-state index in [1.807, 2.05) is 37.8 Å². The molecule has 0 saturated carbocycles. The van der Waals surface area contributed by atoms with E-state index in [4.69, 9.17) is 21.7 Å². The molecule has 0 aliphatic rings. The third kappa shape index (κ3) is 4.60. The van der Waals surface area contributed by atoms with Crippen molar-refractivity contribution in [2.75, 3.05) is 21.1 Å². The minimum absolute atomic E-state index is 0.0272. The first-order chi connectivity index (χ1) is 13.3. The van der Waals surface area contributed by atoms with Crippen LogP contribution in [-0.4, -0.2) is 45.3 Å². The van der Waals surface area contributed by atoms with Gasteiger partial charge in [0.2, 0.25) is 4.77 Å². The summed E-state index contributed by atoms with van der Waals surface area (Å²) in [5.41, 5.74) is 0.791. The molecule has 2 heterocycles. The highest BCUT2D eigenvalue weighted by Crippen LogP contribution is 2.22. The zero-order valence-corrected chi connectivity index (χ0v) is 18.7. The van der Waals surface area contributed by atoms with Gasteiger partial charge in [0.15, 0.2) is 10.5 Å². The fourth-order valence-corrected chi connectivity index (χ4v) is 3.47. The van der Waals surface area contributed by atoms with Gasteiger partial charge in [-0.3, -0.25) is 14.4 Å². The van der Waals surface area contributed by atoms with Crippen LogP contribution in [0.4, 0.5) is 4.39 Å². The molecule has 0 fully saturated rings. The molecule has 3 aromatic rings. The monoisotopic (exact) mass is 467 g/mol. The molecule has 0 spiro atoms. The molecule has 0 aliphatic heterocycles. The first-order valence-electron chi connectivity index (χ1n) is 8.81. The lowest BCUT2D eigenvalue weighted by molar-refractivity contribution is 0.222. The maximum atomic E-state index is 13.4. The maximum Gasteiger partial charge on any atom is 0.203 e. The van der Waals surface area contributed by atoms with Crippen LogP contribution in [0.5, 0.6) is 0 Å². The molecule has 6 nitrogen and oxygen atoms in total. The van der Waals surface area contributed by atoms with Crippen LogP contribution in [0.15, 0.2) is 45.5 Å². The van der Waals surface area contributed by atoms with E-state index in [1.54, 1.807) is 16.8 Å². The first-order valence-corrected chi connectivity index (χ1v) is 10.0. The second kappa shape index (κ2) is 8.69. The van der Waals surface area contributed by atoms with Crippen LogP contribution < -0.4 is 0 Å². The molecule has 0 bridgehead atoms. The number of hydrogen-bond acceptors (Lipinski definition) is 5. The summed E-state index contributed by atoms with van der Waals surface area (Å²) in [5, 5.41) is 4.78. The fourth-order valence-electron chi connectivity index (χ4n) is 2.83. The van der Waals surface area contributed by atoms with Crippen LogP contribution in [0, 0.1) is 10.6 Å². The molecule has 28 heavy (non-hydrogen) atoms. The lowest BCUT2D eigenvalue weighted by atomic mass is 10.2. The minimum Gasteiger partial charge on any atom is -0.453 e. The Morgan fingerprint density at radius 2 is 1.86 bits per heavy atom. The van der Waals surface area contributed by atoms with Crippen molar-refractivity contribution in [1.29, 1.82) is 0 Å². The molecule has 1 aromatic carbocycles. The van der Waals surface area contributed by atoms with Gasteiger partial charge in [-0.2, -0.15) is 5.10 Å². The third-order valence-electron chi connectivity index (χ3n) is 4.53. The maximum absolute atomic E-state index is 13.4. The normalized spacial score (nSPS) is 12.9. The van der Waals surface area contributed by atoms with E-state index in [2.05, 4.69) is 32.7 Å². The molecule has 0 amide bonds. The second-order valence-corrected chi connectivity index (χ2v) is 8.10. The van der Waals surface area contributed by atoms with Gasteiger partial charge in [0, 0.05) is 5.69 Å².